The minimum atomic E-state index is -0.738. The van der Waals surface area contributed by atoms with Crippen molar-refractivity contribution < 1.29 is 14.3 Å². The number of ether oxygens (including phenoxy) is 1. The van der Waals surface area contributed by atoms with Crippen LogP contribution in [0.1, 0.15) is 35.7 Å². The van der Waals surface area contributed by atoms with Gasteiger partial charge in [0.25, 0.3) is 5.91 Å². The van der Waals surface area contributed by atoms with Crippen molar-refractivity contribution in [3.63, 3.8) is 0 Å². The van der Waals surface area contributed by atoms with Gasteiger partial charge < -0.3 is 15.4 Å². The highest BCUT2D eigenvalue weighted by Crippen LogP contribution is 2.26. The molecule has 7 heteroatoms. The third-order valence-corrected chi connectivity index (χ3v) is 5.50. The molecule has 1 aromatic heterocycles. The van der Waals surface area contributed by atoms with Gasteiger partial charge in [0.2, 0.25) is 0 Å². The first-order valence-electron chi connectivity index (χ1n) is 9.68. The van der Waals surface area contributed by atoms with Gasteiger partial charge in [-0.2, -0.15) is 4.37 Å². The average molecular weight is 412 g/mol. The molecule has 29 heavy (non-hydrogen) atoms. The number of carbonyl (C=O) groups is 2. The largest absolute Gasteiger partial charge is 0.467 e. The predicted molar refractivity (Wildman–Crippen MR) is 116 cm³/mol. The number of hydrogen-bond acceptors (Lipinski definition) is 6. The summed E-state index contributed by atoms with van der Waals surface area (Å²) in [5, 5.41) is 6.84. The standard InChI is InChI=1S/C22H25N3O3S/c1-3-4-7-15-10-12-16(13-11-15)21(26)23-14-18(22(27)28-2)24-20-17-8-5-6-9-19(17)29-25-20/h5-6,8-13,18H,3-4,7,14H2,1-2H3,(H,23,26)(H,24,25). The fourth-order valence-corrected chi connectivity index (χ4v) is 3.73. The molecule has 2 aromatic carbocycles. The molecule has 1 atom stereocenters. The van der Waals surface area contributed by atoms with Crippen molar-refractivity contribution in [2.24, 2.45) is 0 Å². The first-order chi connectivity index (χ1) is 14.1. The first-order valence-corrected chi connectivity index (χ1v) is 10.5. The zero-order chi connectivity index (χ0) is 20.6. The molecule has 1 heterocycles. The Hall–Kier alpha value is -2.93. The number of amides is 1. The molecule has 0 aliphatic rings. The summed E-state index contributed by atoms with van der Waals surface area (Å²) < 4.78 is 10.3. The summed E-state index contributed by atoms with van der Waals surface area (Å²) in [7, 11) is 1.33. The van der Waals surface area contributed by atoms with Crippen molar-refractivity contribution in [1.82, 2.24) is 9.69 Å². The molecule has 0 fully saturated rings. The molecule has 3 aromatic rings. The van der Waals surface area contributed by atoms with Crippen molar-refractivity contribution in [2.75, 3.05) is 19.0 Å². The molecule has 3 rings (SSSR count). The van der Waals surface area contributed by atoms with Crippen LogP contribution in [0, 0.1) is 0 Å². The lowest BCUT2D eigenvalue weighted by molar-refractivity contribution is -0.141. The number of anilines is 1. The van der Waals surface area contributed by atoms with Gasteiger partial charge in [0.1, 0.15) is 11.9 Å². The molecule has 1 amide bonds. The Morgan fingerprint density at radius 3 is 2.62 bits per heavy atom. The zero-order valence-electron chi connectivity index (χ0n) is 16.6. The Morgan fingerprint density at radius 1 is 1.14 bits per heavy atom. The monoisotopic (exact) mass is 411 g/mol. The smallest absolute Gasteiger partial charge is 0.330 e. The SMILES string of the molecule is CCCCc1ccc(C(=O)NCC(Nc2nsc3ccccc23)C(=O)OC)cc1. The number of fused-ring (bicyclic) bond motifs is 1. The van der Waals surface area contributed by atoms with E-state index in [9.17, 15) is 9.59 Å². The van der Waals surface area contributed by atoms with Gasteiger partial charge >= 0.3 is 5.97 Å². The van der Waals surface area contributed by atoms with Crippen molar-refractivity contribution in [1.29, 1.82) is 0 Å². The van der Waals surface area contributed by atoms with Crippen LogP contribution < -0.4 is 10.6 Å². The Kier molecular flexibility index (Phi) is 7.19. The lowest BCUT2D eigenvalue weighted by Crippen LogP contribution is -2.42. The second-order valence-electron chi connectivity index (χ2n) is 6.76. The minimum absolute atomic E-state index is 0.0922. The van der Waals surface area contributed by atoms with Gasteiger partial charge in [-0.15, -0.1) is 0 Å². The molecule has 0 radical (unpaired) electrons. The number of hydrogen-bond donors (Lipinski definition) is 2. The van der Waals surface area contributed by atoms with Gasteiger partial charge in [0, 0.05) is 17.5 Å². The summed E-state index contributed by atoms with van der Waals surface area (Å²) in [5.41, 5.74) is 1.78. The summed E-state index contributed by atoms with van der Waals surface area (Å²) >= 11 is 1.35. The van der Waals surface area contributed by atoms with E-state index in [0.717, 1.165) is 29.3 Å². The number of methoxy groups -OCH3 is 1. The maximum absolute atomic E-state index is 12.5. The normalized spacial score (nSPS) is 11.8. The number of aryl methyl sites for hydroxylation is 1. The van der Waals surface area contributed by atoms with Crippen LogP contribution in [0.2, 0.25) is 0 Å². The van der Waals surface area contributed by atoms with E-state index in [4.69, 9.17) is 4.74 Å². The molecule has 0 saturated heterocycles. The molecule has 2 N–H and O–H groups in total. The number of unbranched alkanes of at least 4 members (excludes halogenated alkanes) is 1. The summed E-state index contributed by atoms with van der Waals surface area (Å²) in [6, 6.07) is 14.6. The third kappa shape index (κ3) is 5.32. The first kappa shape index (κ1) is 20.8. The van der Waals surface area contributed by atoms with Crippen LogP contribution in [-0.4, -0.2) is 35.9 Å². The van der Waals surface area contributed by atoms with E-state index in [0.29, 0.717) is 11.4 Å². The molecule has 152 valence electrons. The Morgan fingerprint density at radius 2 is 1.90 bits per heavy atom. The maximum Gasteiger partial charge on any atom is 0.330 e. The highest BCUT2D eigenvalue weighted by molar-refractivity contribution is 7.13. The summed E-state index contributed by atoms with van der Waals surface area (Å²) in [6.45, 7) is 2.25. The average Bonchev–Trinajstić information content (AvgIpc) is 3.17. The number of nitrogens with zero attached hydrogens (tertiary/aromatic N) is 1. The molecule has 0 bridgehead atoms. The number of aromatic nitrogens is 1. The van der Waals surface area contributed by atoms with E-state index in [1.807, 2.05) is 48.5 Å². The van der Waals surface area contributed by atoms with E-state index in [-0.39, 0.29) is 12.5 Å². The fourth-order valence-electron chi connectivity index (χ4n) is 2.99. The number of carbonyl (C=O) groups excluding carboxylic acids is 2. The number of nitrogens with one attached hydrogen (secondary N) is 2. The zero-order valence-corrected chi connectivity index (χ0v) is 17.4. The molecular formula is C22H25N3O3S. The Bertz CT molecular complexity index is 969. The van der Waals surface area contributed by atoms with Gasteiger partial charge in [-0.1, -0.05) is 37.6 Å². The Labute approximate surface area is 174 Å². The lowest BCUT2D eigenvalue weighted by Gasteiger charge is -2.17. The van der Waals surface area contributed by atoms with Crippen LogP contribution in [0.4, 0.5) is 5.82 Å². The van der Waals surface area contributed by atoms with Gasteiger partial charge in [-0.3, -0.25) is 4.79 Å². The van der Waals surface area contributed by atoms with E-state index >= 15 is 0 Å². The number of esters is 1. The lowest BCUT2D eigenvalue weighted by atomic mass is 10.1. The van der Waals surface area contributed by atoms with Crippen LogP contribution >= 0.6 is 11.5 Å². The van der Waals surface area contributed by atoms with Gasteiger partial charge in [-0.25, -0.2) is 4.79 Å². The molecule has 0 spiro atoms. The van der Waals surface area contributed by atoms with E-state index in [1.54, 1.807) is 0 Å². The second-order valence-corrected chi connectivity index (χ2v) is 7.56. The Balaban J connectivity index is 1.64. The maximum atomic E-state index is 12.5. The molecule has 1 unspecified atom stereocenters. The van der Waals surface area contributed by atoms with Crippen molar-refractivity contribution >= 4 is 39.3 Å². The van der Waals surface area contributed by atoms with Crippen LogP contribution in [0.3, 0.4) is 0 Å². The van der Waals surface area contributed by atoms with Crippen LogP contribution in [0.25, 0.3) is 10.1 Å². The summed E-state index contributed by atoms with van der Waals surface area (Å²) in [6.07, 6.45) is 3.27. The highest BCUT2D eigenvalue weighted by atomic mass is 32.1. The molecule has 0 saturated carbocycles. The molecule has 0 aliphatic carbocycles. The van der Waals surface area contributed by atoms with E-state index in [2.05, 4.69) is 21.9 Å². The van der Waals surface area contributed by atoms with Crippen LogP contribution in [0.15, 0.2) is 48.5 Å². The second kappa shape index (κ2) is 10.0. The quantitative estimate of drug-likeness (QED) is 0.520. The molecule has 0 aliphatic heterocycles. The van der Waals surface area contributed by atoms with Crippen LogP contribution in [-0.2, 0) is 16.0 Å². The van der Waals surface area contributed by atoms with Crippen molar-refractivity contribution in [3.05, 3.63) is 59.7 Å². The number of rotatable bonds is 9. The minimum Gasteiger partial charge on any atom is -0.467 e. The van der Waals surface area contributed by atoms with E-state index in [1.165, 1.54) is 24.2 Å². The fraction of sp³-hybridized carbons (Fsp3) is 0.318. The predicted octanol–water partition coefficient (Wildman–Crippen LogP) is 4.02. The van der Waals surface area contributed by atoms with Gasteiger partial charge in [0.15, 0.2) is 0 Å². The number of benzene rings is 2. The van der Waals surface area contributed by atoms with Crippen LogP contribution in [0.5, 0.6) is 0 Å². The highest BCUT2D eigenvalue weighted by Gasteiger charge is 2.22. The van der Waals surface area contributed by atoms with Crippen molar-refractivity contribution in [2.45, 2.75) is 32.2 Å². The topological polar surface area (TPSA) is 80.3 Å². The summed E-state index contributed by atoms with van der Waals surface area (Å²) in [5.74, 6) is -0.0845. The molecule has 6 nitrogen and oxygen atoms in total. The third-order valence-electron chi connectivity index (χ3n) is 4.68. The summed E-state index contributed by atoms with van der Waals surface area (Å²) in [4.78, 5) is 24.7. The van der Waals surface area contributed by atoms with E-state index < -0.39 is 12.0 Å². The van der Waals surface area contributed by atoms with Gasteiger partial charge in [-0.05, 0) is 54.2 Å². The van der Waals surface area contributed by atoms with Crippen molar-refractivity contribution in [3.8, 4) is 0 Å². The van der Waals surface area contributed by atoms with Gasteiger partial charge in [0.05, 0.1) is 11.8 Å². The molecular weight excluding hydrogens is 386 g/mol.